The van der Waals surface area contributed by atoms with Gasteiger partial charge in [-0.1, -0.05) is 12.2 Å². The lowest BCUT2D eigenvalue weighted by molar-refractivity contribution is 0.623. The van der Waals surface area contributed by atoms with Gasteiger partial charge in [-0.25, -0.2) is 0 Å². The van der Waals surface area contributed by atoms with Crippen molar-refractivity contribution < 1.29 is 0 Å². The van der Waals surface area contributed by atoms with E-state index in [2.05, 4.69) is 24.2 Å². The maximum atomic E-state index is 4.08. The molecule has 0 spiro atoms. The zero-order chi connectivity index (χ0) is 7.94. The summed E-state index contributed by atoms with van der Waals surface area (Å²) >= 11 is 0. The van der Waals surface area contributed by atoms with E-state index in [0.717, 1.165) is 19.4 Å². The van der Waals surface area contributed by atoms with Crippen molar-refractivity contribution in [3.63, 3.8) is 0 Å². The molecule has 0 aliphatic carbocycles. The second-order valence-electron chi connectivity index (χ2n) is 2.32. The highest BCUT2D eigenvalue weighted by molar-refractivity contribution is 4.83. The Morgan fingerprint density at radius 1 is 1.45 bits per heavy atom. The molecule has 0 unspecified atom stereocenters. The zero-order valence-corrected chi connectivity index (χ0v) is 6.61. The van der Waals surface area contributed by atoms with Gasteiger partial charge in [-0.2, -0.15) is 5.10 Å². The Morgan fingerprint density at radius 3 is 3.00 bits per heavy atom. The molecule has 0 bridgehead atoms. The fourth-order valence-corrected chi connectivity index (χ4v) is 0.875. The van der Waals surface area contributed by atoms with Gasteiger partial charge in [0, 0.05) is 18.9 Å². The maximum absolute atomic E-state index is 4.08. The van der Waals surface area contributed by atoms with Crippen molar-refractivity contribution in [3.05, 3.63) is 37.5 Å². The van der Waals surface area contributed by atoms with Crippen LogP contribution in [0.4, 0.5) is 0 Å². The van der Waals surface area contributed by atoms with E-state index < -0.39 is 0 Å². The third-order valence-electron chi connectivity index (χ3n) is 1.42. The standard InChI is InChI=1S/C9H13N2/c1-2-3-4-5-8-11-9-6-7-10-11/h3-4,6-7,9H,1-2,5,8H2/b4-3+. The first-order chi connectivity index (χ1) is 5.43. The smallest absolute Gasteiger partial charge is 0.0489 e. The average Bonchev–Trinajstić information content (AvgIpc) is 2.50. The SMILES string of the molecule is [CH2]C/C=C/CCn1cccn1. The van der Waals surface area contributed by atoms with Gasteiger partial charge in [-0.05, 0) is 25.8 Å². The minimum absolute atomic E-state index is 0.874. The molecule has 0 saturated carbocycles. The van der Waals surface area contributed by atoms with Crippen LogP contribution in [0.2, 0.25) is 0 Å². The van der Waals surface area contributed by atoms with E-state index in [0.29, 0.717) is 0 Å². The van der Waals surface area contributed by atoms with Gasteiger partial charge >= 0.3 is 0 Å². The van der Waals surface area contributed by atoms with E-state index in [1.165, 1.54) is 0 Å². The number of hydrogen-bond acceptors (Lipinski definition) is 1. The predicted octanol–water partition coefficient (Wildman–Crippen LogP) is 2.05. The molecule has 11 heavy (non-hydrogen) atoms. The van der Waals surface area contributed by atoms with Gasteiger partial charge in [0.25, 0.3) is 0 Å². The van der Waals surface area contributed by atoms with E-state index in [9.17, 15) is 0 Å². The number of aromatic nitrogens is 2. The van der Waals surface area contributed by atoms with Gasteiger partial charge in [0.1, 0.15) is 0 Å². The molecule has 1 aromatic rings. The van der Waals surface area contributed by atoms with E-state index >= 15 is 0 Å². The van der Waals surface area contributed by atoms with E-state index in [1.807, 2.05) is 16.9 Å². The van der Waals surface area contributed by atoms with Crippen molar-refractivity contribution in [1.29, 1.82) is 0 Å². The van der Waals surface area contributed by atoms with Crippen molar-refractivity contribution in [2.75, 3.05) is 0 Å². The topological polar surface area (TPSA) is 17.8 Å². The normalized spacial score (nSPS) is 11.0. The summed E-state index contributed by atoms with van der Waals surface area (Å²) in [5.74, 6) is 0. The number of aryl methyl sites for hydroxylation is 1. The molecule has 0 aliphatic rings. The molecule has 0 N–H and O–H groups in total. The van der Waals surface area contributed by atoms with Crippen LogP contribution in [0.15, 0.2) is 30.6 Å². The Bertz CT molecular complexity index is 199. The Hall–Kier alpha value is -1.05. The third-order valence-corrected chi connectivity index (χ3v) is 1.42. The van der Waals surface area contributed by atoms with E-state index in [-0.39, 0.29) is 0 Å². The summed E-state index contributed by atoms with van der Waals surface area (Å²) in [4.78, 5) is 0. The minimum atomic E-state index is 0.874. The first-order valence-corrected chi connectivity index (χ1v) is 3.85. The largest absolute Gasteiger partial charge is 0.272 e. The van der Waals surface area contributed by atoms with Crippen LogP contribution in [0, 0.1) is 6.92 Å². The molecule has 2 nitrogen and oxygen atoms in total. The molecule has 0 saturated heterocycles. The zero-order valence-electron chi connectivity index (χ0n) is 6.61. The molecule has 0 amide bonds. The van der Waals surface area contributed by atoms with Crippen LogP contribution in [0.3, 0.4) is 0 Å². The molecule has 0 fully saturated rings. The number of allylic oxidation sites excluding steroid dienone is 2. The summed E-state index contributed by atoms with van der Waals surface area (Å²) in [6.45, 7) is 4.67. The number of hydrogen-bond donors (Lipinski definition) is 0. The summed E-state index contributed by atoms with van der Waals surface area (Å²) in [6, 6.07) is 1.94. The summed E-state index contributed by atoms with van der Waals surface area (Å²) in [5, 5.41) is 4.08. The van der Waals surface area contributed by atoms with E-state index in [1.54, 1.807) is 6.20 Å². The van der Waals surface area contributed by atoms with Gasteiger partial charge < -0.3 is 0 Å². The van der Waals surface area contributed by atoms with Gasteiger partial charge in [0.2, 0.25) is 0 Å². The fourth-order valence-electron chi connectivity index (χ4n) is 0.875. The minimum Gasteiger partial charge on any atom is -0.272 e. The van der Waals surface area contributed by atoms with Crippen LogP contribution in [0.25, 0.3) is 0 Å². The Labute approximate surface area is 67.5 Å². The van der Waals surface area contributed by atoms with Crippen molar-refractivity contribution in [2.24, 2.45) is 0 Å². The molecule has 0 aliphatic heterocycles. The predicted molar refractivity (Wildman–Crippen MR) is 46.0 cm³/mol. The Morgan fingerprint density at radius 2 is 2.36 bits per heavy atom. The van der Waals surface area contributed by atoms with E-state index in [4.69, 9.17) is 0 Å². The van der Waals surface area contributed by atoms with Crippen LogP contribution < -0.4 is 0 Å². The van der Waals surface area contributed by atoms with Crippen LogP contribution >= 0.6 is 0 Å². The summed E-state index contributed by atoms with van der Waals surface area (Å²) in [5.41, 5.74) is 0. The first-order valence-electron chi connectivity index (χ1n) is 3.85. The maximum Gasteiger partial charge on any atom is 0.0489 e. The summed E-state index contributed by atoms with van der Waals surface area (Å²) in [6.07, 6.45) is 9.89. The lowest BCUT2D eigenvalue weighted by Crippen LogP contribution is -1.95. The lowest BCUT2D eigenvalue weighted by Gasteiger charge is -1.95. The summed E-state index contributed by atoms with van der Waals surface area (Å²) in [7, 11) is 0. The van der Waals surface area contributed by atoms with Crippen LogP contribution in [-0.2, 0) is 6.54 Å². The highest BCUT2D eigenvalue weighted by Crippen LogP contribution is 1.91. The second-order valence-corrected chi connectivity index (χ2v) is 2.32. The lowest BCUT2D eigenvalue weighted by atomic mass is 10.3. The fraction of sp³-hybridized carbons (Fsp3) is 0.333. The van der Waals surface area contributed by atoms with Gasteiger partial charge in [-0.3, -0.25) is 4.68 Å². The molecule has 1 radical (unpaired) electrons. The van der Waals surface area contributed by atoms with Crippen molar-refractivity contribution in [3.8, 4) is 0 Å². The van der Waals surface area contributed by atoms with Crippen molar-refractivity contribution >= 4 is 0 Å². The molecule has 1 aromatic heterocycles. The second kappa shape index (κ2) is 4.72. The van der Waals surface area contributed by atoms with Crippen LogP contribution in [-0.4, -0.2) is 9.78 Å². The highest BCUT2D eigenvalue weighted by Gasteiger charge is 1.85. The van der Waals surface area contributed by atoms with Gasteiger partial charge in [0.05, 0.1) is 0 Å². The third kappa shape index (κ3) is 3.03. The van der Waals surface area contributed by atoms with Crippen molar-refractivity contribution in [1.82, 2.24) is 9.78 Å². The Balaban J connectivity index is 2.19. The van der Waals surface area contributed by atoms with Crippen LogP contribution in [0.5, 0.6) is 0 Å². The van der Waals surface area contributed by atoms with Crippen molar-refractivity contribution in [2.45, 2.75) is 19.4 Å². The molecule has 0 atom stereocenters. The molecular formula is C9H13N2. The molecule has 2 heteroatoms. The molecule has 59 valence electrons. The Kier molecular flexibility index (Phi) is 3.45. The average molecular weight is 149 g/mol. The summed E-state index contributed by atoms with van der Waals surface area (Å²) < 4.78 is 1.92. The highest BCUT2D eigenvalue weighted by atomic mass is 15.3. The number of rotatable bonds is 4. The first kappa shape index (κ1) is 8.05. The van der Waals surface area contributed by atoms with Gasteiger partial charge in [-0.15, -0.1) is 0 Å². The molecule has 1 heterocycles. The quantitative estimate of drug-likeness (QED) is 0.599. The van der Waals surface area contributed by atoms with Gasteiger partial charge in [0.15, 0.2) is 0 Å². The molecular weight excluding hydrogens is 136 g/mol. The molecule has 0 aromatic carbocycles. The van der Waals surface area contributed by atoms with Crippen LogP contribution in [0.1, 0.15) is 12.8 Å². The molecule has 1 rings (SSSR count). The monoisotopic (exact) mass is 149 g/mol. The number of nitrogens with zero attached hydrogens (tertiary/aromatic N) is 2.